The molecule has 2 aromatic rings. The number of hydrogen-bond acceptors (Lipinski definition) is 5. The van der Waals surface area contributed by atoms with Crippen molar-refractivity contribution in [2.45, 2.75) is 26.7 Å². The number of nitrogens with one attached hydrogen (secondary N) is 1. The Morgan fingerprint density at radius 2 is 2.07 bits per heavy atom. The second-order valence-electron chi connectivity index (χ2n) is 6.86. The molecule has 1 N–H and O–H groups in total. The van der Waals surface area contributed by atoms with E-state index in [1.54, 1.807) is 7.11 Å². The molecular weight excluding hydrogens is 370 g/mol. The van der Waals surface area contributed by atoms with Crippen LogP contribution in [0.4, 0.5) is 5.69 Å². The Morgan fingerprint density at radius 3 is 2.71 bits per heavy atom. The fraction of sp³-hybridized carbons (Fsp3) is 0.524. The molecule has 0 amide bonds. The van der Waals surface area contributed by atoms with Crippen LogP contribution in [0.2, 0.25) is 0 Å². The van der Waals surface area contributed by atoms with Crippen molar-refractivity contribution in [1.82, 2.24) is 15.2 Å². The first-order chi connectivity index (χ1) is 13.6. The fourth-order valence-electron chi connectivity index (χ4n) is 3.52. The fourth-order valence-corrected chi connectivity index (χ4v) is 4.54. The zero-order valence-corrected chi connectivity index (χ0v) is 18.2. The number of aromatic nitrogens is 1. The number of hydrogen-bond donors (Lipinski definition) is 1. The van der Waals surface area contributed by atoms with E-state index in [1.165, 1.54) is 21.3 Å². The molecule has 28 heavy (non-hydrogen) atoms. The molecule has 0 bridgehead atoms. The molecule has 0 saturated carbocycles. The van der Waals surface area contributed by atoms with Gasteiger partial charge in [-0.3, -0.25) is 4.99 Å². The van der Waals surface area contributed by atoms with Gasteiger partial charge in [-0.15, -0.1) is 11.3 Å². The van der Waals surface area contributed by atoms with Gasteiger partial charge in [-0.05, 0) is 25.5 Å². The molecule has 1 aromatic carbocycles. The van der Waals surface area contributed by atoms with E-state index in [9.17, 15) is 0 Å². The maximum absolute atomic E-state index is 5.35. The molecule has 1 aliphatic rings. The van der Waals surface area contributed by atoms with Crippen LogP contribution in [0.5, 0.6) is 5.75 Å². The van der Waals surface area contributed by atoms with Crippen molar-refractivity contribution in [1.29, 1.82) is 0 Å². The number of anilines is 1. The Bertz CT molecular complexity index is 796. The van der Waals surface area contributed by atoms with Crippen LogP contribution in [0.3, 0.4) is 0 Å². The third-order valence-corrected chi connectivity index (χ3v) is 6.18. The van der Waals surface area contributed by atoms with Crippen LogP contribution in [-0.4, -0.2) is 62.7 Å². The summed E-state index contributed by atoms with van der Waals surface area (Å²) in [6.45, 7) is 9.03. The summed E-state index contributed by atoms with van der Waals surface area (Å²) in [4.78, 5) is 15.3. The maximum Gasteiger partial charge on any atom is 0.193 e. The lowest BCUT2D eigenvalue weighted by atomic mass is 10.2. The number of ether oxygens (including phenoxy) is 1. The van der Waals surface area contributed by atoms with E-state index in [0.717, 1.165) is 57.3 Å². The third kappa shape index (κ3) is 4.95. The van der Waals surface area contributed by atoms with E-state index in [4.69, 9.17) is 9.72 Å². The average Bonchev–Trinajstić information content (AvgIpc) is 3.11. The molecule has 1 aliphatic heterocycles. The van der Waals surface area contributed by atoms with E-state index in [1.807, 2.05) is 30.5 Å². The van der Waals surface area contributed by atoms with Crippen LogP contribution in [0, 0.1) is 6.92 Å². The minimum absolute atomic E-state index is 0.860. The summed E-state index contributed by atoms with van der Waals surface area (Å²) in [6, 6.07) is 8.28. The van der Waals surface area contributed by atoms with Crippen LogP contribution in [-0.2, 0) is 12.8 Å². The number of rotatable bonds is 6. The molecule has 0 spiro atoms. The lowest BCUT2D eigenvalue weighted by Gasteiger charge is -2.37. The quantitative estimate of drug-likeness (QED) is 0.596. The summed E-state index contributed by atoms with van der Waals surface area (Å²) in [5.41, 5.74) is 2.45. The highest BCUT2D eigenvalue weighted by atomic mass is 32.1. The van der Waals surface area contributed by atoms with E-state index in [0.29, 0.717) is 0 Å². The zero-order chi connectivity index (χ0) is 19.9. The van der Waals surface area contributed by atoms with Crippen molar-refractivity contribution in [2.75, 3.05) is 51.8 Å². The van der Waals surface area contributed by atoms with Gasteiger partial charge in [0.15, 0.2) is 5.96 Å². The van der Waals surface area contributed by atoms with Crippen molar-refractivity contribution in [3.05, 3.63) is 39.8 Å². The standard InChI is InChI=1S/C21H31N5OS/c1-5-19-16(2)28-20(24-19)9-10-23-21(22-3)26-13-11-25(12-14-26)17-7-6-8-18(15-17)27-4/h6-8,15H,5,9-14H2,1-4H3,(H,22,23). The second-order valence-corrected chi connectivity index (χ2v) is 8.15. The largest absolute Gasteiger partial charge is 0.497 e. The molecule has 6 nitrogen and oxygen atoms in total. The first-order valence-electron chi connectivity index (χ1n) is 9.94. The Morgan fingerprint density at radius 1 is 1.29 bits per heavy atom. The second kappa shape index (κ2) is 9.78. The molecule has 1 fully saturated rings. The van der Waals surface area contributed by atoms with Crippen LogP contribution in [0.25, 0.3) is 0 Å². The molecular formula is C21H31N5OS. The monoisotopic (exact) mass is 401 g/mol. The van der Waals surface area contributed by atoms with Crippen molar-refractivity contribution >= 4 is 23.0 Å². The lowest BCUT2D eigenvalue weighted by Crippen LogP contribution is -2.52. The van der Waals surface area contributed by atoms with E-state index < -0.39 is 0 Å². The normalized spacial score (nSPS) is 15.1. The smallest absolute Gasteiger partial charge is 0.193 e. The first-order valence-corrected chi connectivity index (χ1v) is 10.8. The number of aryl methyl sites for hydroxylation is 2. The van der Waals surface area contributed by atoms with Gasteiger partial charge in [0.05, 0.1) is 17.8 Å². The van der Waals surface area contributed by atoms with Crippen molar-refractivity contribution in [2.24, 2.45) is 4.99 Å². The predicted molar refractivity (Wildman–Crippen MR) is 118 cm³/mol. The Labute approximate surface area is 172 Å². The summed E-state index contributed by atoms with van der Waals surface area (Å²) in [5, 5.41) is 4.72. The van der Waals surface area contributed by atoms with Crippen molar-refractivity contribution < 1.29 is 4.74 Å². The number of nitrogens with zero attached hydrogens (tertiary/aromatic N) is 4. The van der Waals surface area contributed by atoms with Gasteiger partial charge in [0.1, 0.15) is 5.75 Å². The molecule has 7 heteroatoms. The third-order valence-electron chi connectivity index (χ3n) is 5.10. The molecule has 0 unspecified atom stereocenters. The topological polar surface area (TPSA) is 53.0 Å². The molecule has 1 aromatic heterocycles. The van der Waals surface area contributed by atoms with Gasteiger partial charge in [0, 0.05) is 62.8 Å². The Hall–Kier alpha value is -2.28. The van der Waals surface area contributed by atoms with Gasteiger partial charge in [-0.25, -0.2) is 4.98 Å². The zero-order valence-electron chi connectivity index (χ0n) is 17.4. The number of aliphatic imine (C=N–C) groups is 1. The van der Waals surface area contributed by atoms with Crippen LogP contribution in [0.15, 0.2) is 29.3 Å². The first kappa shape index (κ1) is 20.5. The summed E-state index contributed by atoms with van der Waals surface area (Å²) >= 11 is 1.81. The SMILES string of the molecule is CCc1nc(CCNC(=NC)N2CCN(c3cccc(OC)c3)CC2)sc1C. The van der Waals surface area contributed by atoms with Crippen LogP contribution >= 0.6 is 11.3 Å². The van der Waals surface area contributed by atoms with E-state index in [2.05, 4.69) is 46.1 Å². The van der Waals surface area contributed by atoms with Gasteiger partial charge in [0.2, 0.25) is 0 Å². The summed E-state index contributed by atoms with van der Waals surface area (Å²) < 4.78 is 5.35. The number of benzene rings is 1. The predicted octanol–water partition coefficient (Wildman–Crippen LogP) is 2.96. The Kier molecular flexibility index (Phi) is 7.14. The average molecular weight is 402 g/mol. The molecule has 0 aliphatic carbocycles. The van der Waals surface area contributed by atoms with Gasteiger partial charge in [-0.1, -0.05) is 13.0 Å². The number of thiazole rings is 1. The van der Waals surface area contributed by atoms with Gasteiger partial charge in [0.25, 0.3) is 0 Å². The molecule has 1 saturated heterocycles. The van der Waals surface area contributed by atoms with Gasteiger partial charge in [-0.2, -0.15) is 0 Å². The summed E-state index contributed by atoms with van der Waals surface area (Å²) in [5.74, 6) is 1.88. The Balaban J connectivity index is 1.49. The van der Waals surface area contributed by atoms with Crippen molar-refractivity contribution in [3.8, 4) is 5.75 Å². The molecule has 152 valence electrons. The van der Waals surface area contributed by atoms with E-state index >= 15 is 0 Å². The van der Waals surface area contributed by atoms with Gasteiger partial charge >= 0.3 is 0 Å². The minimum atomic E-state index is 0.860. The molecule has 0 radical (unpaired) electrons. The highest BCUT2D eigenvalue weighted by molar-refractivity contribution is 7.11. The summed E-state index contributed by atoms with van der Waals surface area (Å²) in [7, 11) is 3.57. The van der Waals surface area contributed by atoms with Crippen molar-refractivity contribution in [3.63, 3.8) is 0 Å². The molecule has 2 heterocycles. The number of methoxy groups -OCH3 is 1. The lowest BCUT2D eigenvalue weighted by molar-refractivity contribution is 0.372. The number of piperazine rings is 1. The minimum Gasteiger partial charge on any atom is -0.497 e. The summed E-state index contributed by atoms with van der Waals surface area (Å²) in [6.07, 6.45) is 1.95. The van der Waals surface area contributed by atoms with Crippen LogP contribution < -0.4 is 15.0 Å². The van der Waals surface area contributed by atoms with Crippen LogP contribution in [0.1, 0.15) is 22.5 Å². The van der Waals surface area contributed by atoms with E-state index in [-0.39, 0.29) is 0 Å². The van der Waals surface area contributed by atoms with Gasteiger partial charge < -0.3 is 19.9 Å². The molecule has 3 rings (SSSR count). The number of guanidine groups is 1. The highest BCUT2D eigenvalue weighted by Crippen LogP contribution is 2.22. The maximum atomic E-state index is 5.35. The molecule has 0 atom stereocenters. The highest BCUT2D eigenvalue weighted by Gasteiger charge is 2.20.